The van der Waals surface area contributed by atoms with Crippen LogP contribution in [-0.4, -0.2) is 33.4 Å². The van der Waals surface area contributed by atoms with E-state index in [0.717, 1.165) is 36.0 Å². The van der Waals surface area contributed by atoms with Gasteiger partial charge in [0.15, 0.2) is 11.8 Å². The molecule has 2 aromatic heterocycles. The fraction of sp³-hybridized carbons (Fsp3) is 0.381. The fourth-order valence-corrected chi connectivity index (χ4v) is 2.74. The summed E-state index contributed by atoms with van der Waals surface area (Å²) in [4.78, 5) is 4.67. The second-order valence-electron chi connectivity index (χ2n) is 6.77. The minimum atomic E-state index is 0.144. The van der Waals surface area contributed by atoms with Crippen LogP contribution in [0.1, 0.15) is 32.4 Å². The van der Waals surface area contributed by atoms with Crippen LogP contribution in [-0.2, 0) is 19.5 Å². The summed E-state index contributed by atoms with van der Waals surface area (Å²) in [6.45, 7) is 8.00. The van der Waals surface area contributed by atoms with Crippen molar-refractivity contribution in [3.8, 4) is 5.75 Å². The van der Waals surface area contributed by atoms with E-state index in [4.69, 9.17) is 9.15 Å². The van der Waals surface area contributed by atoms with E-state index in [-0.39, 0.29) is 6.10 Å². The molecular weight excluding hydrogens is 368 g/mol. The quantitative estimate of drug-likeness (QED) is 0.425. The molecule has 0 aliphatic carbocycles. The lowest BCUT2D eigenvalue weighted by molar-refractivity contribution is 0.242. The van der Waals surface area contributed by atoms with Crippen molar-refractivity contribution >= 4 is 11.6 Å². The number of anilines is 1. The summed E-state index contributed by atoms with van der Waals surface area (Å²) in [6.07, 6.45) is 4.31. The lowest BCUT2D eigenvalue weighted by Crippen LogP contribution is -2.32. The van der Waals surface area contributed by atoms with Crippen molar-refractivity contribution in [2.75, 3.05) is 11.9 Å². The van der Waals surface area contributed by atoms with Gasteiger partial charge in [-0.3, -0.25) is 0 Å². The van der Waals surface area contributed by atoms with Crippen molar-refractivity contribution in [3.63, 3.8) is 0 Å². The number of guanidine groups is 1. The van der Waals surface area contributed by atoms with E-state index in [1.54, 1.807) is 12.6 Å². The normalized spacial score (nSPS) is 11.7. The van der Waals surface area contributed by atoms with Crippen LogP contribution in [0.4, 0.5) is 5.69 Å². The number of furan rings is 1. The van der Waals surface area contributed by atoms with Gasteiger partial charge in [-0.15, -0.1) is 10.2 Å². The second-order valence-corrected chi connectivity index (χ2v) is 6.77. The van der Waals surface area contributed by atoms with E-state index in [1.807, 2.05) is 54.8 Å². The SMILES string of the molecule is CCn1cnnc1CN=C(NCCc1ccco1)Nc1ccc(OC(C)C)cc1. The average Bonchev–Trinajstić information content (AvgIpc) is 3.38. The summed E-state index contributed by atoms with van der Waals surface area (Å²) >= 11 is 0. The topological polar surface area (TPSA) is 89.5 Å². The summed E-state index contributed by atoms with van der Waals surface area (Å²) in [5.41, 5.74) is 0.919. The van der Waals surface area contributed by atoms with Gasteiger partial charge < -0.3 is 24.4 Å². The smallest absolute Gasteiger partial charge is 0.196 e. The molecular formula is C21H28N6O2. The molecule has 0 fully saturated rings. The summed E-state index contributed by atoms with van der Waals surface area (Å²) < 4.78 is 13.1. The van der Waals surface area contributed by atoms with Crippen LogP contribution in [0, 0.1) is 0 Å². The minimum absolute atomic E-state index is 0.144. The molecule has 0 radical (unpaired) electrons. The van der Waals surface area contributed by atoms with Gasteiger partial charge in [0.05, 0.1) is 12.4 Å². The molecule has 1 aromatic carbocycles. The van der Waals surface area contributed by atoms with Crippen LogP contribution >= 0.6 is 0 Å². The van der Waals surface area contributed by atoms with Gasteiger partial charge in [0.1, 0.15) is 24.4 Å². The number of hydrogen-bond acceptors (Lipinski definition) is 5. The van der Waals surface area contributed by atoms with E-state index in [9.17, 15) is 0 Å². The Balaban J connectivity index is 1.66. The number of hydrogen-bond donors (Lipinski definition) is 2. The summed E-state index contributed by atoms with van der Waals surface area (Å²) in [5, 5.41) is 14.8. The van der Waals surface area contributed by atoms with Crippen molar-refractivity contribution in [2.45, 2.75) is 46.4 Å². The Hall–Kier alpha value is -3.29. The maximum Gasteiger partial charge on any atom is 0.196 e. The molecule has 29 heavy (non-hydrogen) atoms. The molecule has 0 saturated heterocycles. The van der Waals surface area contributed by atoms with Gasteiger partial charge in [0, 0.05) is 25.2 Å². The number of benzene rings is 1. The molecule has 2 heterocycles. The van der Waals surface area contributed by atoms with E-state index in [0.29, 0.717) is 19.0 Å². The van der Waals surface area contributed by atoms with E-state index in [1.165, 1.54) is 0 Å². The van der Waals surface area contributed by atoms with Crippen molar-refractivity contribution in [1.29, 1.82) is 0 Å². The van der Waals surface area contributed by atoms with Gasteiger partial charge in [0.25, 0.3) is 0 Å². The lowest BCUT2D eigenvalue weighted by atomic mass is 10.3. The van der Waals surface area contributed by atoms with Gasteiger partial charge in [0.2, 0.25) is 0 Å². The van der Waals surface area contributed by atoms with Crippen LogP contribution in [0.15, 0.2) is 58.4 Å². The summed E-state index contributed by atoms with van der Waals surface area (Å²) in [5.74, 6) is 3.25. The maximum atomic E-state index is 5.70. The zero-order chi connectivity index (χ0) is 20.5. The van der Waals surface area contributed by atoms with Crippen molar-refractivity contribution in [1.82, 2.24) is 20.1 Å². The summed E-state index contributed by atoms with van der Waals surface area (Å²) in [6, 6.07) is 11.7. The zero-order valence-corrected chi connectivity index (χ0v) is 17.1. The van der Waals surface area contributed by atoms with Crippen LogP contribution in [0.3, 0.4) is 0 Å². The Kier molecular flexibility index (Phi) is 7.27. The van der Waals surface area contributed by atoms with Gasteiger partial charge in [-0.25, -0.2) is 4.99 Å². The molecule has 3 rings (SSSR count). The number of aryl methyl sites for hydroxylation is 1. The first kappa shape index (κ1) is 20.4. The zero-order valence-electron chi connectivity index (χ0n) is 17.1. The van der Waals surface area contributed by atoms with Crippen molar-refractivity contribution in [2.24, 2.45) is 4.99 Å². The van der Waals surface area contributed by atoms with Crippen LogP contribution in [0.25, 0.3) is 0 Å². The third kappa shape index (κ3) is 6.38. The molecule has 0 unspecified atom stereocenters. The molecule has 0 amide bonds. The van der Waals surface area contributed by atoms with E-state index in [2.05, 4.69) is 32.7 Å². The molecule has 0 spiro atoms. The standard InChI is InChI=1S/C21H28N6O2/c1-4-27-15-24-26-20(27)14-23-21(22-12-11-18-6-5-13-28-18)25-17-7-9-19(10-8-17)29-16(2)3/h5-10,13,15-16H,4,11-12,14H2,1-3H3,(H2,22,23,25). The molecule has 2 N–H and O–H groups in total. The Morgan fingerprint density at radius 1 is 1.24 bits per heavy atom. The highest BCUT2D eigenvalue weighted by Crippen LogP contribution is 2.17. The number of rotatable bonds is 9. The molecule has 3 aromatic rings. The Morgan fingerprint density at radius 2 is 2.07 bits per heavy atom. The average molecular weight is 396 g/mol. The predicted molar refractivity (Wildman–Crippen MR) is 113 cm³/mol. The Labute approximate surface area is 171 Å². The highest BCUT2D eigenvalue weighted by Gasteiger charge is 2.06. The first-order chi connectivity index (χ1) is 14.1. The van der Waals surface area contributed by atoms with Gasteiger partial charge in [-0.2, -0.15) is 0 Å². The molecule has 0 saturated carbocycles. The number of nitrogens with one attached hydrogen (secondary N) is 2. The molecule has 0 aliphatic rings. The highest BCUT2D eigenvalue weighted by molar-refractivity contribution is 5.93. The molecule has 0 bridgehead atoms. The molecule has 0 aliphatic heterocycles. The van der Waals surface area contributed by atoms with Crippen LogP contribution in [0.2, 0.25) is 0 Å². The Morgan fingerprint density at radius 3 is 2.76 bits per heavy atom. The van der Waals surface area contributed by atoms with Crippen LogP contribution < -0.4 is 15.4 Å². The number of ether oxygens (including phenoxy) is 1. The third-order valence-electron chi connectivity index (χ3n) is 4.15. The number of aliphatic imine (C=N–C) groups is 1. The number of aromatic nitrogens is 3. The molecule has 154 valence electrons. The van der Waals surface area contributed by atoms with Crippen LogP contribution in [0.5, 0.6) is 5.75 Å². The number of nitrogens with zero attached hydrogens (tertiary/aromatic N) is 4. The Bertz CT molecular complexity index is 884. The first-order valence-corrected chi connectivity index (χ1v) is 9.85. The van der Waals surface area contributed by atoms with Gasteiger partial charge in [-0.05, 0) is 57.2 Å². The predicted octanol–water partition coefficient (Wildman–Crippen LogP) is 3.48. The highest BCUT2D eigenvalue weighted by atomic mass is 16.5. The van der Waals surface area contributed by atoms with Gasteiger partial charge >= 0.3 is 0 Å². The first-order valence-electron chi connectivity index (χ1n) is 9.85. The largest absolute Gasteiger partial charge is 0.491 e. The fourth-order valence-electron chi connectivity index (χ4n) is 2.74. The van der Waals surface area contributed by atoms with Crippen molar-refractivity contribution < 1.29 is 9.15 Å². The van der Waals surface area contributed by atoms with E-state index < -0.39 is 0 Å². The van der Waals surface area contributed by atoms with Crippen molar-refractivity contribution in [3.05, 3.63) is 60.6 Å². The molecule has 8 nitrogen and oxygen atoms in total. The minimum Gasteiger partial charge on any atom is -0.491 e. The lowest BCUT2D eigenvalue weighted by Gasteiger charge is -2.14. The summed E-state index contributed by atoms with van der Waals surface area (Å²) in [7, 11) is 0. The molecule has 0 atom stereocenters. The monoisotopic (exact) mass is 396 g/mol. The van der Waals surface area contributed by atoms with Gasteiger partial charge in [-0.1, -0.05) is 0 Å². The maximum absolute atomic E-state index is 5.70. The van der Waals surface area contributed by atoms with E-state index >= 15 is 0 Å². The second kappa shape index (κ2) is 10.3. The molecule has 8 heteroatoms. The third-order valence-corrected chi connectivity index (χ3v) is 4.15.